The second kappa shape index (κ2) is 7.27. The van der Waals surface area contributed by atoms with Gasteiger partial charge in [-0.3, -0.25) is 9.59 Å². The molecular formula is C22H24N2O3. The zero-order chi connectivity index (χ0) is 19.6. The van der Waals surface area contributed by atoms with E-state index in [4.69, 9.17) is 4.74 Å². The highest BCUT2D eigenvalue weighted by atomic mass is 16.5. The molecule has 1 amide bonds. The quantitative estimate of drug-likeness (QED) is 0.640. The summed E-state index contributed by atoms with van der Waals surface area (Å²) in [5, 5.41) is 6.17. The van der Waals surface area contributed by atoms with Crippen LogP contribution in [0.5, 0.6) is 5.75 Å². The maximum Gasteiger partial charge on any atom is 0.221 e. The van der Waals surface area contributed by atoms with E-state index in [0.717, 1.165) is 23.4 Å². The summed E-state index contributed by atoms with van der Waals surface area (Å²) in [5.74, 6) is 0.451. The number of anilines is 1. The first kappa shape index (κ1) is 18.7. The molecule has 1 aliphatic heterocycles. The minimum Gasteiger partial charge on any atom is -0.497 e. The van der Waals surface area contributed by atoms with Crippen LogP contribution in [0.15, 0.2) is 48.5 Å². The maximum atomic E-state index is 12.9. The number of carbonyl (C=O) groups is 2. The summed E-state index contributed by atoms with van der Waals surface area (Å²) in [6, 6.07) is 12.9. The van der Waals surface area contributed by atoms with E-state index in [0.29, 0.717) is 11.3 Å². The van der Waals surface area contributed by atoms with Gasteiger partial charge in [-0.25, -0.2) is 0 Å². The summed E-state index contributed by atoms with van der Waals surface area (Å²) in [7, 11) is 1.63. The lowest BCUT2D eigenvalue weighted by Gasteiger charge is -2.35. The average Bonchev–Trinajstić information content (AvgIpc) is 2.60. The Kier molecular flexibility index (Phi) is 5.04. The predicted octanol–water partition coefficient (Wildman–Crippen LogP) is 3.80. The summed E-state index contributed by atoms with van der Waals surface area (Å²) < 4.78 is 5.34. The molecule has 140 valence electrons. The van der Waals surface area contributed by atoms with Crippen molar-refractivity contribution in [3.8, 4) is 5.75 Å². The summed E-state index contributed by atoms with van der Waals surface area (Å²) in [5.41, 5.74) is 3.88. The van der Waals surface area contributed by atoms with Crippen LogP contribution in [0.2, 0.25) is 0 Å². The molecule has 3 rings (SSSR count). The highest BCUT2D eigenvalue weighted by Crippen LogP contribution is 2.32. The maximum absolute atomic E-state index is 12.9. The molecule has 0 spiro atoms. The van der Waals surface area contributed by atoms with E-state index >= 15 is 0 Å². The predicted molar refractivity (Wildman–Crippen MR) is 107 cm³/mol. The monoisotopic (exact) mass is 364 g/mol. The van der Waals surface area contributed by atoms with Crippen molar-refractivity contribution in [2.75, 3.05) is 12.4 Å². The van der Waals surface area contributed by atoms with Crippen molar-refractivity contribution in [1.82, 2.24) is 5.32 Å². The molecule has 0 radical (unpaired) electrons. The second-order valence-corrected chi connectivity index (χ2v) is 7.39. The van der Waals surface area contributed by atoms with Crippen LogP contribution in [0.1, 0.15) is 42.3 Å². The molecule has 0 bridgehead atoms. The molecule has 2 aromatic rings. The van der Waals surface area contributed by atoms with E-state index in [9.17, 15) is 9.59 Å². The number of benzene rings is 2. The number of ketones is 1. The molecular weight excluding hydrogens is 340 g/mol. The molecule has 5 nitrogen and oxygen atoms in total. The largest absolute Gasteiger partial charge is 0.497 e. The Labute approximate surface area is 159 Å². The minimum atomic E-state index is -0.172. The van der Waals surface area contributed by atoms with Crippen LogP contribution < -0.4 is 15.4 Å². The van der Waals surface area contributed by atoms with E-state index in [1.165, 1.54) is 12.5 Å². The zero-order valence-electron chi connectivity index (χ0n) is 16.1. The fourth-order valence-electron chi connectivity index (χ4n) is 3.32. The Morgan fingerprint density at radius 3 is 2.67 bits per heavy atom. The van der Waals surface area contributed by atoms with Crippen molar-refractivity contribution in [1.29, 1.82) is 0 Å². The van der Waals surface area contributed by atoms with Crippen LogP contribution in [-0.2, 0) is 11.2 Å². The van der Waals surface area contributed by atoms with Gasteiger partial charge in [0.1, 0.15) is 5.75 Å². The first-order valence-corrected chi connectivity index (χ1v) is 8.86. The summed E-state index contributed by atoms with van der Waals surface area (Å²) in [6.45, 7) is 5.65. The Bertz CT molecular complexity index is 929. The van der Waals surface area contributed by atoms with Crippen molar-refractivity contribution >= 4 is 23.1 Å². The van der Waals surface area contributed by atoms with E-state index in [2.05, 4.69) is 24.5 Å². The molecule has 27 heavy (non-hydrogen) atoms. The number of methoxy groups -OCH3 is 1. The van der Waals surface area contributed by atoms with Crippen LogP contribution >= 0.6 is 0 Å². The molecule has 0 unspecified atom stereocenters. The highest BCUT2D eigenvalue weighted by molar-refractivity contribution is 6.09. The van der Waals surface area contributed by atoms with E-state index in [-0.39, 0.29) is 17.2 Å². The van der Waals surface area contributed by atoms with Crippen molar-refractivity contribution in [3.05, 3.63) is 65.2 Å². The molecule has 0 aliphatic carbocycles. The van der Waals surface area contributed by atoms with Crippen LogP contribution in [-0.4, -0.2) is 24.3 Å². The topological polar surface area (TPSA) is 67.4 Å². The molecule has 1 heterocycles. The molecule has 2 aromatic carbocycles. The molecule has 2 N–H and O–H groups in total. The third-order valence-corrected chi connectivity index (χ3v) is 4.46. The highest BCUT2D eigenvalue weighted by Gasteiger charge is 2.28. The van der Waals surface area contributed by atoms with Crippen molar-refractivity contribution in [2.45, 2.75) is 32.7 Å². The molecule has 0 atom stereocenters. The Hall–Kier alpha value is -3.08. The number of hydrogen-bond donors (Lipinski definition) is 2. The van der Waals surface area contributed by atoms with Gasteiger partial charge in [-0.1, -0.05) is 18.2 Å². The van der Waals surface area contributed by atoms with Crippen molar-refractivity contribution in [2.24, 2.45) is 0 Å². The number of rotatable bonds is 4. The van der Waals surface area contributed by atoms with Gasteiger partial charge in [-0.2, -0.15) is 0 Å². The Morgan fingerprint density at radius 2 is 1.96 bits per heavy atom. The number of nitrogens with one attached hydrogen (secondary N) is 2. The molecule has 0 fully saturated rings. The standard InChI is InChI=1S/C22H24N2O3/c1-14(25)23-17-7-5-6-15(10-17)21(26)12-20-19-11-18(27-4)9-8-16(19)13-22(2,3)24-20/h5-12,24H,13H2,1-4H3,(H,23,25). The minimum absolute atomic E-state index is 0.129. The van der Waals surface area contributed by atoms with E-state index in [1.54, 1.807) is 37.5 Å². The Morgan fingerprint density at radius 1 is 1.19 bits per heavy atom. The molecule has 1 aliphatic rings. The number of carbonyl (C=O) groups excluding carboxylic acids is 2. The number of amides is 1. The van der Waals surface area contributed by atoms with Gasteiger partial charge in [0.05, 0.1) is 7.11 Å². The summed E-state index contributed by atoms with van der Waals surface area (Å²) in [4.78, 5) is 24.1. The van der Waals surface area contributed by atoms with Crippen LogP contribution in [0, 0.1) is 0 Å². The number of allylic oxidation sites excluding steroid dienone is 1. The molecule has 0 saturated carbocycles. The normalized spacial score (nSPS) is 16.2. The Balaban J connectivity index is 1.98. The first-order chi connectivity index (χ1) is 12.8. The van der Waals surface area contributed by atoms with Gasteiger partial charge >= 0.3 is 0 Å². The third kappa shape index (κ3) is 4.37. The molecule has 0 aromatic heterocycles. The zero-order valence-corrected chi connectivity index (χ0v) is 16.1. The fraction of sp³-hybridized carbons (Fsp3) is 0.273. The number of hydrogen-bond acceptors (Lipinski definition) is 4. The fourth-order valence-corrected chi connectivity index (χ4v) is 3.32. The van der Waals surface area contributed by atoms with Gasteiger partial charge < -0.3 is 15.4 Å². The SMILES string of the molecule is COc1ccc2c(c1)C(=CC(=O)c1cccc(NC(C)=O)c1)NC(C)(C)C2. The van der Waals surface area contributed by atoms with E-state index in [1.807, 2.05) is 18.2 Å². The lowest BCUT2D eigenvalue weighted by atomic mass is 9.85. The van der Waals surface area contributed by atoms with Gasteiger partial charge in [0, 0.05) is 41.1 Å². The molecule has 0 saturated heterocycles. The van der Waals surface area contributed by atoms with Gasteiger partial charge in [-0.15, -0.1) is 0 Å². The lowest BCUT2D eigenvalue weighted by molar-refractivity contribution is -0.114. The summed E-state index contributed by atoms with van der Waals surface area (Å²) >= 11 is 0. The van der Waals surface area contributed by atoms with Crippen LogP contribution in [0.4, 0.5) is 5.69 Å². The third-order valence-electron chi connectivity index (χ3n) is 4.46. The smallest absolute Gasteiger partial charge is 0.221 e. The van der Waals surface area contributed by atoms with Gasteiger partial charge in [0.15, 0.2) is 5.78 Å². The average molecular weight is 364 g/mol. The second-order valence-electron chi connectivity index (χ2n) is 7.39. The first-order valence-electron chi connectivity index (χ1n) is 8.86. The molecule has 5 heteroatoms. The van der Waals surface area contributed by atoms with Gasteiger partial charge in [-0.05, 0) is 50.1 Å². The van der Waals surface area contributed by atoms with Gasteiger partial charge in [0.2, 0.25) is 5.91 Å². The number of fused-ring (bicyclic) bond motifs is 1. The van der Waals surface area contributed by atoms with Crippen molar-refractivity contribution in [3.63, 3.8) is 0 Å². The van der Waals surface area contributed by atoms with Crippen LogP contribution in [0.25, 0.3) is 5.70 Å². The number of ether oxygens (including phenoxy) is 1. The van der Waals surface area contributed by atoms with Crippen molar-refractivity contribution < 1.29 is 14.3 Å². The lowest BCUT2D eigenvalue weighted by Crippen LogP contribution is -2.43. The summed E-state index contributed by atoms with van der Waals surface area (Å²) in [6.07, 6.45) is 2.47. The van der Waals surface area contributed by atoms with Gasteiger partial charge in [0.25, 0.3) is 0 Å². The van der Waals surface area contributed by atoms with E-state index < -0.39 is 0 Å². The van der Waals surface area contributed by atoms with Crippen LogP contribution in [0.3, 0.4) is 0 Å².